The summed E-state index contributed by atoms with van der Waals surface area (Å²) in [6, 6.07) is 20.8. The van der Waals surface area contributed by atoms with Crippen LogP contribution in [0.5, 0.6) is 0 Å². The van der Waals surface area contributed by atoms with Gasteiger partial charge >= 0.3 is 12.4 Å². The summed E-state index contributed by atoms with van der Waals surface area (Å²) in [6.07, 6.45) is -9.68. The molecular weight excluding hydrogens is 546 g/mol. The van der Waals surface area contributed by atoms with E-state index in [9.17, 15) is 31.1 Å². The number of benzene rings is 3. The number of alkyl halides is 6. The average Bonchev–Trinajstić information content (AvgIpc) is 2.93. The molecule has 2 bridgehead atoms. The maximum atomic E-state index is 13.5. The van der Waals surface area contributed by atoms with Crippen molar-refractivity contribution >= 4 is 5.91 Å². The van der Waals surface area contributed by atoms with Crippen LogP contribution in [-0.4, -0.2) is 36.0 Å². The van der Waals surface area contributed by atoms with Gasteiger partial charge in [-0.3, -0.25) is 9.69 Å². The number of halogens is 6. The van der Waals surface area contributed by atoms with E-state index in [1.807, 2.05) is 60.7 Å². The first-order chi connectivity index (χ1) is 19.4. The minimum atomic E-state index is -4.95. The smallest absolute Gasteiger partial charge is 0.372 e. The molecule has 2 N–H and O–H groups in total. The second kappa shape index (κ2) is 11.5. The van der Waals surface area contributed by atoms with Gasteiger partial charge in [-0.05, 0) is 59.7 Å². The van der Waals surface area contributed by atoms with Crippen LogP contribution in [0.2, 0.25) is 0 Å². The molecule has 3 aromatic carbocycles. The van der Waals surface area contributed by atoms with Crippen molar-refractivity contribution in [1.29, 1.82) is 0 Å². The number of rotatable bonds is 8. The highest BCUT2D eigenvalue weighted by Crippen LogP contribution is 2.47. The molecule has 3 aliphatic rings. The van der Waals surface area contributed by atoms with Crippen LogP contribution < -0.4 is 5.73 Å². The molecule has 0 saturated carbocycles. The van der Waals surface area contributed by atoms with E-state index in [1.165, 1.54) is 0 Å². The van der Waals surface area contributed by atoms with E-state index in [-0.39, 0.29) is 41.8 Å². The predicted octanol–water partition coefficient (Wildman–Crippen LogP) is 6.64. The molecule has 1 amide bonds. The molecule has 218 valence electrons. The zero-order valence-corrected chi connectivity index (χ0v) is 22.0. The molecule has 0 radical (unpaired) electrons. The molecule has 3 aromatic rings. The number of piperidine rings is 3. The fraction of sp³-hybridized carbons (Fsp3) is 0.387. The first kappa shape index (κ1) is 29.1. The third kappa shape index (κ3) is 6.43. The van der Waals surface area contributed by atoms with Crippen molar-refractivity contribution in [3.05, 3.63) is 107 Å². The van der Waals surface area contributed by atoms with Gasteiger partial charge in [-0.1, -0.05) is 60.7 Å². The zero-order chi connectivity index (χ0) is 29.4. The molecule has 0 spiro atoms. The van der Waals surface area contributed by atoms with E-state index in [2.05, 4.69) is 4.90 Å². The van der Waals surface area contributed by atoms with Crippen LogP contribution in [-0.2, 0) is 28.5 Å². The molecular formula is C31H30F6N2O2. The second-order valence-corrected chi connectivity index (χ2v) is 10.9. The van der Waals surface area contributed by atoms with Gasteiger partial charge in [0.2, 0.25) is 5.91 Å². The van der Waals surface area contributed by atoms with Crippen LogP contribution >= 0.6 is 0 Å². The first-order valence-electron chi connectivity index (χ1n) is 13.4. The molecule has 0 aliphatic carbocycles. The maximum absolute atomic E-state index is 13.5. The standard InChI is InChI=1S/C31H30F6N2O2/c32-30(33,34)23-13-19(14-24(16-23)31(35,36)37)18-41-29-25-11-12-39(17-22(25)15-26(38)40)28(29)27(20-7-3-1-4-8-20)21-9-5-2-6-10-21/h1-10,13-14,16,22,25,27-29H,11-12,15,17-18H2,(H2,38,40)/t22-,25-,28-,29+/m1/s1. The normalized spacial score (nSPS) is 24.5. The molecule has 10 heteroatoms. The molecule has 41 heavy (non-hydrogen) atoms. The third-order valence-corrected chi connectivity index (χ3v) is 8.22. The maximum Gasteiger partial charge on any atom is 0.416 e. The lowest BCUT2D eigenvalue weighted by Gasteiger charge is -2.56. The van der Waals surface area contributed by atoms with Crippen LogP contribution in [0, 0.1) is 11.8 Å². The average molecular weight is 577 g/mol. The number of carbonyl (C=O) groups is 1. The number of hydrogen-bond acceptors (Lipinski definition) is 3. The van der Waals surface area contributed by atoms with Gasteiger partial charge in [0.15, 0.2) is 0 Å². The lowest BCUT2D eigenvalue weighted by molar-refractivity contribution is -0.150. The van der Waals surface area contributed by atoms with Crippen LogP contribution in [0.1, 0.15) is 46.6 Å². The molecule has 3 saturated heterocycles. The Morgan fingerprint density at radius 3 is 1.90 bits per heavy atom. The van der Waals surface area contributed by atoms with Crippen molar-refractivity contribution in [1.82, 2.24) is 4.90 Å². The Balaban J connectivity index is 1.54. The van der Waals surface area contributed by atoms with Gasteiger partial charge in [0.25, 0.3) is 0 Å². The number of fused-ring (bicyclic) bond motifs is 3. The van der Waals surface area contributed by atoms with Gasteiger partial charge in [-0.15, -0.1) is 0 Å². The molecule has 4 nitrogen and oxygen atoms in total. The summed E-state index contributed by atoms with van der Waals surface area (Å²) in [4.78, 5) is 14.1. The highest BCUT2D eigenvalue weighted by molar-refractivity contribution is 5.74. The Labute approximate surface area is 234 Å². The van der Waals surface area contributed by atoms with Gasteiger partial charge in [-0.2, -0.15) is 26.3 Å². The zero-order valence-electron chi connectivity index (χ0n) is 22.0. The van der Waals surface area contributed by atoms with Crippen LogP contribution in [0.15, 0.2) is 78.9 Å². The number of carbonyl (C=O) groups excluding carboxylic acids is 1. The van der Waals surface area contributed by atoms with Gasteiger partial charge in [0.1, 0.15) is 0 Å². The summed E-state index contributed by atoms with van der Waals surface area (Å²) in [5.41, 5.74) is 4.59. The van der Waals surface area contributed by atoms with Crippen molar-refractivity contribution in [3.8, 4) is 0 Å². The highest BCUT2D eigenvalue weighted by atomic mass is 19.4. The Morgan fingerprint density at radius 2 is 1.41 bits per heavy atom. The molecule has 3 heterocycles. The molecule has 0 aromatic heterocycles. The second-order valence-electron chi connectivity index (χ2n) is 10.9. The van der Waals surface area contributed by atoms with Gasteiger partial charge in [0, 0.05) is 24.9 Å². The number of primary amides is 1. The summed E-state index contributed by atoms with van der Waals surface area (Å²) in [5, 5.41) is 0. The highest BCUT2D eigenvalue weighted by Gasteiger charge is 2.51. The van der Waals surface area contributed by atoms with Crippen molar-refractivity contribution in [3.63, 3.8) is 0 Å². The van der Waals surface area contributed by atoms with E-state index in [0.29, 0.717) is 25.1 Å². The lowest BCUT2D eigenvalue weighted by Crippen LogP contribution is -2.64. The molecule has 6 rings (SSSR count). The van der Waals surface area contributed by atoms with E-state index >= 15 is 0 Å². The first-order valence-corrected chi connectivity index (χ1v) is 13.4. The number of hydrogen-bond donors (Lipinski definition) is 1. The minimum Gasteiger partial charge on any atom is -0.372 e. The van der Waals surface area contributed by atoms with Crippen molar-refractivity contribution in [2.75, 3.05) is 13.1 Å². The Morgan fingerprint density at radius 1 is 0.878 bits per heavy atom. The largest absolute Gasteiger partial charge is 0.416 e. The number of nitrogens with zero attached hydrogens (tertiary/aromatic N) is 1. The fourth-order valence-corrected chi connectivity index (χ4v) is 6.54. The predicted molar refractivity (Wildman–Crippen MR) is 141 cm³/mol. The van der Waals surface area contributed by atoms with Gasteiger partial charge in [0.05, 0.1) is 23.8 Å². The monoisotopic (exact) mass is 576 g/mol. The van der Waals surface area contributed by atoms with Gasteiger partial charge < -0.3 is 10.5 Å². The Bertz CT molecular complexity index is 1270. The summed E-state index contributed by atoms with van der Waals surface area (Å²) in [6.45, 7) is 0.872. The minimum absolute atomic E-state index is 0.115. The third-order valence-electron chi connectivity index (χ3n) is 8.22. The Kier molecular flexibility index (Phi) is 8.16. The van der Waals surface area contributed by atoms with Crippen molar-refractivity contribution in [2.24, 2.45) is 17.6 Å². The van der Waals surface area contributed by atoms with Crippen molar-refractivity contribution < 1.29 is 35.9 Å². The van der Waals surface area contributed by atoms with Crippen LogP contribution in [0.4, 0.5) is 26.3 Å². The number of amides is 1. The summed E-state index contributed by atoms with van der Waals surface area (Å²) in [7, 11) is 0. The number of nitrogens with two attached hydrogens (primary N) is 1. The quantitative estimate of drug-likeness (QED) is 0.306. The topological polar surface area (TPSA) is 55.6 Å². The van der Waals surface area contributed by atoms with E-state index in [4.69, 9.17) is 10.5 Å². The summed E-state index contributed by atoms with van der Waals surface area (Å²) >= 11 is 0. The molecule has 3 aliphatic heterocycles. The lowest BCUT2D eigenvalue weighted by atomic mass is 9.67. The SMILES string of the molecule is NC(=O)C[C@@H]1CN2CC[C@H]1[C@H](OCc1cc(C(F)(F)F)cc(C(F)(F)F)c1)[C@H]2C(c1ccccc1)c1ccccc1. The van der Waals surface area contributed by atoms with Gasteiger partial charge in [-0.25, -0.2) is 0 Å². The fourth-order valence-electron chi connectivity index (χ4n) is 6.54. The van der Waals surface area contributed by atoms with E-state index in [0.717, 1.165) is 17.7 Å². The van der Waals surface area contributed by atoms with E-state index in [1.54, 1.807) is 0 Å². The molecule has 3 fully saturated rings. The summed E-state index contributed by atoms with van der Waals surface area (Å²) < 4.78 is 87.4. The Hall–Kier alpha value is -3.37. The van der Waals surface area contributed by atoms with Crippen LogP contribution in [0.3, 0.4) is 0 Å². The molecule has 1 unspecified atom stereocenters. The van der Waals surface area contributed by atoms with Crippen molar-refractivity contribution in [2.45, 2.75) is 49.9 Å². The summed E-state index contributed by atoms with van der Waals surface area (Å²) in [5.74, 6) is -0.941. The molecule has 5 atom stereocenters. The number of ether oxygens (including phenoxy) is 1. The van der Waals surface area contributed by atoms with Crippen LogP contribution in [0.25, 0.3) is 0 Å². The van der Waals surface area contributed by atoms with E-state index < -0.39 is 42.1 Å².